The number of halogens is 1. The molecule has 0 amide bonds. The van der Waals surface area contributed by atoms with Crippen molar-refractivity contribution in [1.82, 2.24) is 14.9 Å². The van der Waals surface area contributed by atoms with E-state index in [-0.39, 0.29) is 17.2 Å². The van der Waals surface area contributed by atoms with Crippen molar-refractivity contribution in [2.24, 2.45) is 0 Å². The minimum atomic E-state index is -3.76. The van der Waals surface area contributed by atoms with Crippen molar-refractivity contribution >= 4 is 26.0 Å². The van der Waals surface area contributed by atoms with Gasteiger partial charge in [0.05, 0.1) is 12.8 Å². The van der Waals surface area contributed by atoms with Crippen molar-refractivity contribution in [2.45, 2.75) is 24.6 Å². The molecule has 6 nitrogen and oxygen atoms in total. The van der Waals surface area contributed by atoms with Crippen LogP contribution in [0, 0.1) is 0 Å². The fourth-order valence-electron chi connectivity index (χ4n) is 1.76. The first-order valence-corrected chi connectivity index (χ1v) is 8.12. The van der Waals surface area contributed by atoms with Crippen LogP contribution >= 0.6 is 15.9 Å². The van der Waals surface area contributed by atoms with Crippen LogP contribution in [0.25, 0.3) is 0 Å². The van der Waals surface area contributed by atoms with Crippen molar-refractivity contribution in [3.63, 3.8) is 0 Å². The molecule has 1 aromatic heterocycles. The van der Waals surface area contributed by atoms with E-state index in [1.165, 1.54) is 6.20 Å². The van der Waals surface area contributed by atoms with Crippen molar-refractivity contribution in [3.05, 3.63) is 46.1 Å². The predicted molar refractivity (Wildman–Crippen MR) is 77.4 cm³/mol. The van der Waals surface area contributed by atoms with Gasteiger partial charge in [0.2, 0.25) is 0 Å². The Morgan fingerprint density at radius 1 is 1.40 bits per heavy atom. The molecule has 3 N–H and O–H groups in total. The monoisotopic (exact) mass is 359 g/mol. The number of benzene rings is 1. The molecule has 2 rings (SSSR count). The molecule has 0 spiro atoms. The van der Waals surface area contributed by atoms with E-state index >= 15 is 0 Å². The van der Waals surface area contributed by atoms with Gasteiger partial charge in [-0.1, -0.05) is 28.1 Å². The van der Waals surface area contributed by atoms with Gasteiger partial charge < -0.3 is 5.11 Å². The average Bonchev–Trinajstić information content (AvgIpc) is 2.88. The van der Waals surface area contributed by atoms with Crippen molar-refractivity contribution < 1.29 is 13.5 Å². The highest BCUT2D eigenvalue weighted by atomic mass is 79.9. The van der Waals surface area contributed by atoms with Crippen LogP contribution in [0.5, 0.6) is 0 Å². The zero-order chi connectivity index (χ0) is 14.8. The van der Waals surface area contributed by atoms with Crippen LogP contribution < -0.4 is 4.72 Å². The van der Waals surface area contributed by atoms with Gasteiger partial charge in [0.25, 0.3) is 10.0 Å². The number of sulfonamides is 1. The Hall–Kier alpha value is -1.22. The van der Waals surface area contributed by atoms with E-state index in [1.54, 1.807) is 6.92 Å². The Morgan fingerprint density at radius 3 is 2.65 bits per heavy atom. The molecule has 0 radical (unpaired) electrons. The smallest absolute Gasteiger partial charge is 0.258 e. The van der Waals surface area contributed by atoms with Crippen LogP contribution in [0.3, 0.4) is 0 Å². The zero-order valence-electron chi connectivity index (χ0n) is 10.7. The summed E-state index contributed by atoms with van der Waals surface area (Å²) >= 11 is 3.33. The molecule has 0 aliphatic heterocycles. The second kappa shape index (κ2) is 6.04. The van der Waals surface area contributed by atoms with E-state index in [1.807, 2.05) is 24.3 Å². The van der Waals surface area contributed by atoms with Gasteiger partial charge >= 0.3 is 0 Å². The Morgan fingerprint density at radius 2 is 2.05 bits per heavy atom. The summed E-state index contributed by atoms with van der Waals surface area (Å²) in [5, 5.41) is 15.0. The third kappa shape index (κ3) is 3.26. The zero-order valence-corrected chi connectivity index (χ0v) is 13.1. The van der Waals surface area contributed by atoms with Gasteiger partial charge in [0.1, 0.15) is 0 Å². The molecule has 1 aromatic carbocycles. The second-order valence-corrected chi connectivity index (χ2v) is 6.84. The van der Waals surface area contributed by atoms with Gasteiger partial charge in [0, 0.05) is 16.1 Å². The summed E-state index contributed by atoms with van der Waals surface area (Å²) in [7, 11) is -3.76. The number of nitrogens with zero attached hydrogens (tertiary/aromatic N) is 1. The maximum absolute atomic E-state index is 12.2. The van der Waals surface area contributed by atoms with Crippen LogP contribution in [0.4, 0.5) is 0 Å². The highest BCUT2D eigenvalue weighted by Crippen LogP contribution is 2.20. The molecule has 0 saturated carbocycles. The SMILES string of the molecule is CC(NS(=O)(=O)c1[nH]ncc1CO)c1ccc(Br)cc1. The topological polar surface area (TPSA) is 95.1 Å². The van der Waals surface area contributed by atoms with Gasteiger partial charge in [-0.05, 0) is 24.6 Å². The van der Waals surface area contributed by atoms with Gasteiger partial charge in [-0.2, -0.15) is 5.10 Å². The average molecular weight is 360 g/mol. The fraction of sp³-hybridized carbons (Fsp3) is 0.250. The number of aromatic nitrogens is 2. The minimum absolute atomic E-state index is 0.107. The molecule has 1 atom stereocenters. The summed E-state index contributed by atoms with van der Waals surface area (Å²) in [5.41, 5.74) is 1.07. The lowest BCUT2D eigenvalue weighted by molar-refractivity contribution is 0.278. The maximum atomic E-state index is 12.2. The molecule has 0 fully saturated rings. The maximum Gasteiger partial charge on any atom is 0.258 e. The van der Waals surface area contributed by atoms with Crippen LogP contribution in [-0.4, -0.2) is 23.7 Å². The number of hydrogen-bond acceptors (Lipinski definition) is 4. The number of hydrogen-bond donors (Lipinski definition) is 3. The Bertz CT molecular complexity index is 682. The molecule has 1 heterocycles. The van der Waals surface area contributed by atoms with Crippen LogP contribution in [0.2, 0.25) is 0 Å². The number of aliphatic hydroxyl groups is 1. The number of aliphatic hydroxyl groups excluding tert-OH is 1. The minimum Gasteiger partial charge on any atom is -0.392 e. The number of H-pyrrole nitrogens is 1. The Kier molecular flexibility index (Phi) is 4.59. The number of rotatable bonds is 5. The summed E-state index contributed by atoms with van der Waals surface area (Å²) in [6, 6.07) is 6.95. The van der Waals surface area contributed by atoms with Crippen LogP contribution in [0.15, 0.2) is 40.0 Å². The quantitative estimate of drug-likeness (QED) is 0.757. The van der Waals surface area contributed by atoms with E-state index in [4.69, 9.17) is 5.11 Å². The predicted octanol–water partition coefficient (Wildman–Crippen LogP) is 1.70. The third-order valence-electron chi connectivity index (χ3n) is 2.82. The van der Waals surface area contributed by atoms with E-state index in [9.17, 15) is 8.42 Å². The third-order valence-corrected chi connectivity index (χ3v) is 4.90. The first-order valence-electron chi connectivity index (χ1n) is 5.85. The standard InChI is InChI=1S/C12H14BrN3O3S/c1-8(9-2-4-11(13)5-3-9)16-20(18,19)12-10(7-17)6-14-15-12/h2-6,8,16-17H,7H2,1H3,(H,14,15). The van der Waals surface area contributed by atoms with Crippen molar-refractivity contribution in [2.75, 3.05) is 0 Å². The molecule has 20 heavy (non-hydrogen) atoms. The van der Waals surface area contributed by atoms with Crippen LogP contribution in [-0.2, 0) is 16.6 Å². The Balaban J connectivity index is 2.22. The second-order valence-electron chi connectivity index (χ2n) is 4.28. The molecular formula is C12H14BrN3O3S. The molecule has 0 saturated heterocycles. The molecule has 0 bridgehead atoms. The van der Waals surface area contributed by atoms with E-state index < -0.39 is 16.1 Å². The molecule has 8 heteroatoms. The lowest BCUT2D eigenvalue weighted by Gasteiger charge is -2.14. The molecule has 2 aromatic rings. The van der Waals surface area contributed by atoms with E-state index in [0.29, 0.717) is 0 Å². The van der Waals surface area contributed by atoms with Crippen molar-refractivity contribution in [3.8, 4) is 0 Å². The molecule has 1 unspecified atom stereocenters. The van der Waals surface area contributed by atoms with Gasteiger partial charge in [-0.25, -0.2) is 13.1 Å². The van der Waals surface area contributed by atoms with E-state index in [0.717, 1.165) is 10.0 Å². The van der Waals surface area contributed by atoms with Gasteiger partial charge in [-0.3, -0.25) is 5.10 Å². The molecule has 0 aliphatic carbocycles. The summed E-state index contributed by atoms with van der Waals surface area (Å²) in [6.07, 6.45) is 1.29. The number of nitrogens with one attached hydrogen (secondary N) is 2. The first-order chi connectivity index (χ1) is 9.44. The summed E-state index contributed by atoms with van der Waals surface area (Å²) in [6.45, 7) is 1.36. The van der Waals surface area contributed by atoms with Gasteiger partial charge in [0.15, 0.2) is 5.03 Å². The molecular weight excluding hydrogens is 346 g/mol. The fourth-order valence-corrected chi connectivity index (χ4v) is 3.37. The summed E-state index contributed by atoms with van der Waals surface area (Å²) in [5.74, 6) is 0. The lowest BCUT2D eigenvalue weighted by atomic mass is 10.1. The Labute approximate surface area is 125 Å². The van der Waals surface area contributed by atoms with Crippen LogP contribution in [0.1, 0.15) is 24.1 Å². The van der Waals surface area contributed by atoms with Crippen molar-refractivity contribution in [1.29, 1.82) is 0 Å². The highest BCUT2D eigenvalue weighted by Gasteiger charge is 2.23. The first kappa shape index (κ1) is 15.2. The van der Waals surface area contributed by atoms with E-state index in [2.05, 4.69) is 30.8 Å². The number of aromatic amines is 1. The normalized spacial score (nSPS) is 13.3. The van der Waals surface area contributed by atoms with Gasteiger partial charge in [-0.15, -0.1) is 0 Å². The summed E-state index contributed by atoms with van der Waals surface area (Å²) < 4.78 is 27.9. The molecule has 108 valence electrons. The highest BCUT2D eigenvalue weighted by molar-refractivity contribution is 9.10. The summed E-state index contributed by atoms with van der Waals surface area (Å²) in [4.78, 5) is 0. The lowest BCUT2D eigenvalue weighted by Crippen LogP contribution is -2.28. The largest absolute Gasteiger partial charge is 0.392 e. The molecule has 0 aliphatic rings.